The van der Waals surface area contributed by atoms with Crippen molar-refractivity contribution in [2.24, 2.45) is 0 Å². The molecule has 0 unspecified atom stereocenters. The minimum Gasteiger partial charge on any atom is -0.477 e. The monoisotopic (exact) mass is 505 g/mol. The van der Waals surface area contributed by atoms with Gasteiger partial charge in [0.15, 0.2) is 0 Å². The molecule has 9 nitrogen and oxygen atoms in total. The number of carboxylic acid groups (broad SMARTS) is 1. The van der Waals surface area contributed by atoms with Gasteiger partial charge in [-0.3, -0.25) is 0 Å². The Morgan fingerprint density at radius 1 is 0.946 bits per heavy atom. The molecule has 0 aliphatic carbocycles. The molecule has 2 aromatic carbocycles. The minimum absolute atomic E-state index is 0.00514. The van der Waals surface area contributed by atoms with E-state index >= 15 is 0 Å². The van der Waals surface area contributed by atoms with Gasteiger partial charge in [0.05, 0.1) is 11.9 Å². The molecule has 1 amide bonds. The fourth-order valence-corrected chi connectivity index (χ4v) is 3.92. The summed E-state index contributed by atoms with van der Waals surface area (Å²) in [6.45, 7) is 6.76. The van der Waals surface area contributed by atoms with Crippen molar-refractivity contribution in [1.29, 1.82) is 0 Å². The van der Waals surface area contributed by atoms with Crippen LogP contribution in [0.25, 0.3) is 0 Å². The first-order valence-electron chi connectivity index (χ1n) is 12.1. The van der Waals surface area contributed by atoms with Crippen LogP contribution in [0.3, 0.4) is 0 Å². The lowest BCUT2D eigenvalue weighted by molar-refractivity contribution is 0.0496. The first-order valence-corrected chi connectivity index (χ1v) is 12.1. The van der Waals surface area contributed by atoms with Crippen molar-refractivity contribution in [1.82, 2.24) is 10.3 Å². The van der Waals surface area contributed by atoms with E-state index in [9.17, 15) is 14.7 Å². The van der Waals surface area contributed by atoms with E-state index in [0.29, 0.717) is 48.9 Å². The standard InChI is InChI=1S/C28H31N3O6/c1-28(2,3)37-27(34)30-19-13-15-31(16-14-19)20-17-24(26(32)33)25(29-18-20)36-23-11-9-22(10-12-23)35-21-7-5-4-6-8-21/h4-12,17-19H,13-16H2,1-3H3,(H,30,34)(H,32,33). The fraction of sp³-hybridized carbons (Fsp3) is 0.321. The maximum Gasteiger partial charge on any atom is 0.407 e. The van der Waals surface area contributed by atoms with E-state index in [2.05, 4.69) is 10.3 Å². The molecule has 194 valence electrons. The third kappa shape index (κ3) is 7.36. The van der Waals surface area contributed by atoms with Crippen LogP contribution in [-0.2, 0) is 4.74 Å². The topological polar surface area (TPSA) is 110 Å². The molecule has 37 heavy (non-hydrogen) atoms. The van der Waals surface area contributed by atoms with Crippen LogP contribution in [0.15, 0.2) is 66.9 Å². The predicted molar refractivity (Wildman–Crippen MR) is 139 cm³/mol. The Bertz CT molecular complexity index is 1220. The molecule has 3 aromatic rings. The van der Waals surface area contributed by atoms with E-state index in [1.807, 2.05) is 56.0 Å². The molecule has 0 radical (unpaired) electrons. The number of hydrogen-bond acceptors (Lipinski definition) is 7. The molecule has 2 N–H and O–H groups in total. The average Bonchev–Trinajstić information content (AvgIpc) is 2.85. The molecule has 0 bridgehead atoms. The fourth-order valence-electron chi connectivity index (χ4n) is 3.92. The largest absolute Gasteiger partial charge is 0.477 e. The van der Waals surface area contributed by atoms with Crippen LogP contribution in [-0.4, -0.2) is 46.9 Å². The number of amides is 1. The average molecular weight is 506 g/mol. The zero-order valence-corrected chi connectivity index (χ0v) is 21.1. The van der Waals surface area contributed by atoms with E-state index < -0.39 is 17.7 Å². The molecule has 0 atom stereocenters. The summed E-state index contributed by atoms with van der Waals surface area (Å²) in [4.78, 5) is 30.4. The van der Waals surface area contributed by atoms with Crippen molar-refractivity contribution >= 4 is 17.7 Å². The van der Waals surface area contributed by atoms with Crippen molar-refractivity contribution in [2.75, 3.05) is 18.0 Å². The first-order chi connectivity index (χ1) is 17.7. The number of para-hydroxylation sites is 1. The van der Waals surface area contributed by atoms with Gasteiger partial charge in [-0.05, 0) is 76.1 Å². The smallest absolute Gasteiger partial charge is 0.407 e. The summed E-state index contributed by atoms with van der Waals surface area (Å²) in [5.41, 5.74) is 0.106. The number of hydrogen-bond donors (Lipinski definition) is 2. The van der Waals surface area contributed by atoms with E-state index in [0.717, 1.165) is 0 Å². The molecule has 4 rings (SSSR count). The number of carbonyl (C=O) groups is 2. The maximum absolute atomic E-state index is 12.0. The third-order valence-electron chi connectivity index (χ3n) is 5.67. The molecular weight excluding hydrogens is 474 g/mol. The number of ether oxygens (including phenoxy) is 3. The molecule has 0 saturated carbocycles. The normalized spacial score (nSPS) is 14.1. The number of carbonyl (C=O) groups excluding carboxylic acids is 1. The number of carboxylic acids is 1. The van der Waals surface area contributed by atoms with Crippen LogP contribution in [0.1, 0.15) is 44.0 Å². The summed E-state index contributed by atoms with van der Waals surface area (Å²) >= 11 is 0. The third-order valence-corrected chi connectivity index (χ3v) is 5.67. The Morgan fingerprint density at radius 2 is 1.54 bits per heavy atom. The highest BCUT2D eigenvalue weighted by atomic mass is 16.6. The number of pyridine rings is 1. The summed E-state index contributed by atoms with van der Waals surface area (Å²) in [6, 6.07) is 17.8. The Balaban J connectivity index is 1.37. The molecular formula is C28H31N3O6. The number of aromatic nitrogens is 1. The van der Waals surface area contributed by atoms with Crippen LogP contribution < -0.4 is 19.7 Å². The summed E-state index contributed by atoms with van der Waals surface area (Å²) in [7, 11) is 0. The number of rotatable bonds is 7. The second kappa shape index (κ2) is 11.2. The molecule has 1 aliphatic rings. The molecule has 9 heteroatoms. The lowest BCUT2D eigenvalue weighted by Gasteiger charge is -2.34. The first kappa shape index (κ1) is 25.8. The van der Waals surface area contributed by atoms with Gasteiger partial charge in [-0.25, -0.2) is 14.6 Å². The predicted octanol–water partition coefficient (Wildman–Crippen LogP) is 5.86. The second-order valence-corrected chi connectivity index (χ2v) is 9.75. The number of benzene rings is 2. The molecule has 1 fully saturated rings. The Kier molecular flexibility index (Phi) is 7.81. The van der Waals surface area contributed by atoms with Gasteiger partial charge < -0.3 is 29.5 Å². The van der Waals surface area contributed by atoms with Gasteiger partial charge in [0.1, 0.15) is 28.4 Å². The van der Waals surface area contributed by atoms with Crippen LogP contribution in [0, 0.1) is 0 Å². The number of aromatic carboxylic acids is 1. The van der Waals surface area contributed by atoms with Crippen molar-refractivity contribution in [3.8, 4) is 23.1 Å². The minimum atomic E-state index is -1.13. The molecule has 1 aromatic heterocycles. The van der Waals surface area contributed by atoms with Crippen LogP contribution >= 0.6 is 0 Å². The highest BCUT2D eigenvalue weighted by Gasteiger charge is 2.25. The number of nitrogens with zero attached hydrogens (tertiary/aromatic N) is 2. The lowest BCUT2D eigenvalue weighted by atomic mass is 10.0. The zero-order chi connectivity index (χ0) is 26.4. The molecule has 1 saturated heterocycles. The van der Waals surface area contributed by atoms with Gasteiger partial charge in [0.25, 0.3) is 0 Å². The Labute approximate surface area is 216 Å². The summed E-state index contributed by atoms with van der Waals surface area (Å²) in [6.07, 6.45) is 2.59. The van der Waals surface area contributed by atoms with Gasteiger partial charge >= 0.3 is 12.1 Å². The van der Waals surface area contributed by atoms with Crippen LogP contribution in [0.5, 0.6) is 23.1 Å². The van der Waals surface area contributed by atoms with E-state index in [4.69, 9.17) is 14.2 Å². The number of anilines is 1. The summed E-state index contributed by atoms with van der Waals surface area (Å²) in [5.74, 6) is 0.664. The van der Waals surface area contributed by atoms with E-state index in [1.54, 1.807) is 36.5 Å². The quantitative estimate of drug-likeness (QED) is 0.411. The van der Waals surface area contributed by atoms with Gasteiger partial charge in [-0.15, -0.1) is 0 Å². The second-order valence-electron chi connectivity index (χ2n) is 9.75. The van der Waals surface area contributed by atoms with Crippen LogP contribution in [0.2, 0.25) is 0 Å². The summed E-state index contributed by atoms with van der Waals surface area (Å²) < 4.78 is 16.9. The van der Waals surface area contributed by atoms with Gasteiger partial charge in [-0.2, -0.15) is 0 Å². The highest BCUT2D eigenvalue weighted by Crippen LogP contribution is 2.30. The van der Waals surface area contributed by atoms with Crippen molar-refractivity contribution in [3.05, 3.63) is 72.4 Å². The van der Waals surface area contributed by atoms with Gasteiger partial charge in [0, 0.05) is 19.1 Å². The molecule has 2 heterocycles. The van der Waals surface area contributed by atoms with Crippen molar-refractivity contribution in [2.45, 2.75) is 45.3 Å². The van der Waals surface area contributed by atoms with Crippen molar-refractivity contribution in [3.63, 3.8) is 0 Å². The van der Waals surface area contributed by atoms with Crippen LogP contribution in [0.4, 0.5) is 10.5 Å². The number of nitrogens with one attached hydrogen (secondary N) is 1. The highest BCUT2D eigenvalue weighted by molar-refractivity contribution is 5.91. The number of piperidine rings is 1. The zero-order valence-electron chi connectivity index (χ0n) is 21.1. The molecule has 0 spiro atoms. The Hall–Kier alpha value is -4.27. The maximum atomic E-state index is 12.0. The van der Waals surface area contributed by atoms with Crippen molar-refractivity contribution < 1.29 is 28.9 Å². The van der Waals surface area contributed by atoms with E-state index in [-0.39, 0.29) is 17.5 Å². The molecule has 1 aliphatic heterocycles. The lowest BCUT2D eigenvalue weighted by Crippen LogP contribution is -2.46. The van der Waals surface area contributed by atoms with Gasteiger partial charge in [0.2, 0.25) is 5.88 Å². The SMILES string of the molecule is CC(C)(C)OC(=O)NC1CCN(c2cnc(Oc3ccc(Oc4ccccc4)cc3)c(C(=O)O)c2)CC1. The summed E-state index contributed by atoms with van der Waals surface area (Å²) in [5, 5.41) is 12.7. The van der Waals surface area contributed by atoms with Gasteiger partial charge in [-0.1, -0.05) is 18.2 Å². The van der Waals surface area contributed by atoms with E-state index in [1.165, 1.54) is 0 Å². The Morgan fingerprint density at radius 3 is 2.14 bits per heavy atom. The number of alkyl carbamates (subject to hydrolysis) is 1.